The lowest BCUT2D eigenvalue weighted by Crippen LogP contribution is -2.20. The monoisotopic (exact) mass is 348 g/mol. The van der Waals surface area contributed by atoms with Gasteiger partial charge in [-0.2, -0.15) is 5.10 Å². The van der Waals surface area contributed by atoms with Gasteiger partial charge in [0, 0.05) is 5.56 Å². The molecule has 1 amide bonds. The lowest BCUT2D eigenvalue weighted by Gasteiger charge is -2.09. The predicted molar refractivity (Wildman–Crippen MR) is 103 cm³/mol. The minimum absolute atomic E-state index is 0.104. The number of hydrogen-bond acceptors (Lipinski definition) is 4. The molecule has 0 heterocycles. The van der Waals surface area contributed by atoms with Crippen LogP contribution in [0.4, 0.5) is 0 Å². The first kappa shape index (κ1) is 17.5. The van der Waals surface area contributed by atoms with Gasteiger partial charge in [-0.05, 0) is 48.4 Å². The van der Waals surface area contributed by atoms with Gasteiger partial charge in [0.05, 0.1) is 11.3 Å². The number of nitrogens with zero attached hydrogens (tertiary/aromatic N) is 1. The van der Waals surface area contributed by atoms with Gasteiger partial charge >= 0.3 is 0 Å². The molecule has 0 bridgehead atoms. The third-order valence-corrected chi connectivity index (χ3v) is 4.20. The molecular weight excluding hydrogens is 328 g/mol. The van der Waals surface area contributed by atoms with E-state index in [1.807, 2.05) is 44.2 Å². The summed E-state index contributed by atoms with van der Waals surface area (Å²) < 4.78 is 0. The van der Waals surface area contributed by atoms with Crippen molar-refractivity contribution in [3.05, 3.63) is 71.3 Å². The molecule has 0 saturated heterocycles. The van der Waals surface area contributed by atoms with Crippen molar-refractivity contribution in [1.29, 1.82) is 0 Å². The number of amides is 1. The highest BCUT2D eigenvalue weighted by Gasteiger charge is 2.13. The summed E-state index contributed by atoms with van der Waals surface area (Å²) in [5, 5.41) is 26.1. The maximum absolute atomic E-state index is 12.5. The van der Waals surface area contributed by atoms with Crippen molar-refractivity contribution in [2.45, 2.75) is 20.3 Å². The van der Waals surface area contributed by atoms with Gasteiger partial charge in [0.1, 0.15) is 11.5 Å². The lowest BCUT2D eigenvalue weighted by molar-refractivity contribution is 0.0952. The Morgan fingerprint density at radius 2 is 1.65 bits per heavy atom. The molecule has 5 nitrogen and oxygen atoms in total. The van der Waals surface area contributed by atoms with Crippen LogP contribution in [0.3, 0.4) is 0 Å². The van der Waals surface area contributed by atoms with Crippen molar-refractivity contribution in [3.8, 4) is 11.5 Å². The maximum atomic E-state index is 12.5. The largest absolute Gasteiger partial charge is 0.507 e. The third-order valence-electron chi connectivity index (χ3n) is 4.20. The first-order valence-electron chi connectivity index (χ1n) is 8.38. The van der Waals surface area contributed by atoms with Gasteiger partial charge in [-0.25, -0.2) is 5.43 Å². The molecule has 3 N–H and O–H groups in total. The number of hydrogen-bond donors (Lipinski definition) is 3. The number of phenols is 2. The number of benzene rings is 3. The van der Waals surface area contributed by atoms with Crippen LogP contribution in [0.15, 0.2) is 59.7 Å². The van der Waals surface area contributed by atoms with Gasteiger partial charge in [0.15, 0.2) is 0 Å². The topological polar surface area (TPSA) is 81.9 Å². The molecule has 0 aliphatic rings. The molecule has 3 aromatic rings. The first-order valence-corrected chi connectivity index (χ1v) is 8.38. The van der Waals surface area contributed by atoms with Gasteiger partial charge in [0.25, 0.3) is 5.91 Å². The zero-order chi connectivity index (χ0) is 18.7. The van der Waals surface area contributed by atoms with Gasteiger partial charge in [-0.15, -0.1) is 0 Å². The molecule has 0 fully saturated rings. The molecule has 0 saturated carbocycles. The fourth-order valence-electron chi connectivity index (χ4n) is 2.80. The molecule has 132 valence electrons. The van der Waals surface area contributed by atoms with Crippen molar-refractivity contribution >= 4 is 22.4 Å². The summed E-state index contributed by atoms with van der Waals surface area (Å²) >= 11 is 0. The minimum Gasteiger partial charge on any atom is -0.507 e. The number of carbonyl (C=O) groups excluding carboxylic acids is 1. The quantitative estimate of drug-likeness (QED) is 0.490. The van der Waals surface area contributed by atoms with E-state index in [0.717, 1.165) is 16.3 Å². The Balaban J connectivity index is 1.90. The summed E-state index contributed by atoms with van der Waals surface area (Å²) in [5.74, 6) is -0.502. The van der Waals surface area contributed by atoms with Crippen LogP contribution in [0.25, 0.3) is 10.8 Å². The van der Waals surface area contributed by atoms with Crippen molar-refractivity contribution in [1.82, 2.24) is 5.43 Å². The number of aromatic hydroxyl groups is 2. The maximum Gasteiger partial charge on any atom is 0.275 e. The number of hydrazone groups is 1. The van der Waals surface area contributed by atoms with E-state index >= 15 is 0 Å². The fourth-order valence-corrected chi connectivity index (χ4v) is 2.80. The Kier molecular flexibility index (Phi) is 4.89. The molecule has 0 aliphatic carbocycles. The normalized spacial score (nSPS) is 11.5. The van der Waals surface area contributed by atoms with Crippen LogP contribution in [0, 0.1) is 6.92 Å². The van der Waals surface area contributed by atoms with E-state index in [1.165, 1.54) is 0 Å². The second-order valence-corrected chi connectivity index (χ2v) is 6.09. The molecular formula is C21H20N2O3. The highest BCUT2D eigenvalue weighted by atomic mass is 16.3. The van der Waals surface area contributed by atoms with E-state index < -0.39 is 5.91 Å². The van der Waals surface area contributed by atoms with Crippen LogP contribution in [0.2, 0.25) is 0 Å². The van der Waals surface area contributed by atoms with Crippen molar-refractivity contribution in [2.24, 2.45) is 5.10 Å². The molecule has 26 heavy (non-hydrogen) atoms. The van der Waals surface area contributed by atoms with E-state index in [2.05, 4.69) is 10.5 Å². The standard InChI is InChI=1S/C21H20N2O3/c1-3-18(16-10-13(2)8-9-19(16)24)22-23-21(26)17-11-14-6-4-5-7-15(14)12-20(17)25/h4-12,24-25H,3H2,1-2H3,(H,23,26)/b22-18+. The summed E-state index contributed by atoms with van der Waals surface area (Å²) in [6.07, 6.45) is 0.529. The van der Waals surface area contributed by atoms with Gasteiger partial charge in [0.2, 0.25) is 0 Å². The summed E-state index contributed by atoms with van der Waals surface area (Å²) in [5.41, 5.74) is 4.75. The van der Waals surface area contributed by atoms with Crippen molar-refractivity contribution < 1.29 is 15.0 Å². The molecule has 0 unspecified atom stereocenters. The summed E-state index contributed by atoms with van der Waals surface area (Å²) in [7, 11) is 0. The average molecular weight is 348 g/mol. The smallest absolute Gasteiger partial charge is 0.275 e. The third kappa shape index (κ3) is 3.52. The van der Waals surface area contributed by atoms with E-state index in [1.54, 1.807) is 24.3 Å². The highest BCUT2D eigenvalue weighted by Crippen LogP contribution is 2.25. The Labute approximate surface area is 151 Å². The molecule has 0 radical (unpaired) electrons. The van der Waals surface area contributed by atoms with Crippen molar-refractivity contribution in [2.75, 3.05) is 0 Å². The number of aryl methyl sites for hydroxylation is 1. The van der Waals surface area contributed by atoms with Crippen LogP contribution >= 0.6 is 0 Å². The number of nitrogens with one attached hydrogen (secondary N) is 1. The summed E-state index contributed by atoms with van der Waals surface area (Å²) in [4.78, 5) is 12.5. The zero-order valence-electron chi connectivity index (χ0n) is 14.7. The molecule has 0 aromatic heterocycles. The van der Waals surface area contributed by atoms with Crippen LogP contribution in [-0.4, -0.2) is 21.8 Å². The zero-order valence-corrected chi connectivity index (χ0v) is 14.7. The van der Waals surface area contributed by atoms with E-state index in [4.69, 9.17) is 0 Å². The SMILES string of the molecule is CC/C(=N\NC(=O)c1cc2ccccc2cc1O)c1cc(C)ccc1O. The molecule has 3 rings (SSSR count). The Morgan fingerprint density at radius 3 is 2.35 bits per heavy atom. The Bertz CT molecular complexity index is 1010. The molecule has 0 spiro atoms. The Hall–Kier alpha value is -3.34. The van der Waals surface area contributed by atoms with Crippen molar-refractivity contribution in [3.63, 3.8) is 0 Å². The molecule has 5 heteroatoms. The average Bonchev–Trinajstić information content (AvgIpc) is 2.64. The second kappa shape index (κ2) is 7.27. The van der Waals surface area contributed by atoms with Gasteiger partial charge in [-0.3, -0.25) is 4.79 Å². The number of phenolic OH excluding ortho intramolecular Hbond substituents is 2. The summed E-state index contributed by atoms with van der Waals surface area (Å²) in [6.45, 7) is 3.81. The Morgan fingerprint density at radius 1 is 0.962 bits per heavy atom. The minimum atomic E-state index is -0.508. The number of carbonyl (C=O) groups is 1. The number of rotatable bonds is 4. The van der Waals surface area contributed by atoms with E-state index in [9.17, 15) is 15.0 Å². The van der Waals surface area contributed by atoms with E-state index in [0.29, 0.717) is 17.7 Å². The molecule has 3 aromatic carbocycles. The molecule has 0 aliphatic heterocycles. The lowest BCUT2D eigenvalue weighted by atomic mass is 10.0. The molecule has 0 atom stereocenters. The first-order chi connectivity index (χ1) is 12.5. The van der Waals surface area contributed by atoms with Crippen LogP contribution < -0.4 is 5.43 Å². The van der Waals surface area contributed by atoms with Crippen LogP contribution in [0.5, 0.6) is 11.5 Å². The number of fused-ring (bicyclic) bond motifs is 1. The predicted octanol–water partition coefficient (Wildman–Crippen LogP) is 4.10. The highest BCUT2D eigenvalue weighted by molar-refractivity contribution is 6.05. The van der Waals surface area contributed by atoms with Gasteiger partial charge in [-0.1, -0.05) is 42.8 Å². The van der Waals surface area contributed by atoms with Crippen LogP contribution in [-0.2, 0) is 0 Å². The fraction of sp³-hybridized carbons (Fsp3) is 0.143. The van der Waals surface area contributed by atoms with E-state index in [-0.39, 0.29) is 17.1 Å². The second-order valence-electron chi connectivity index (χ2n) is 6.09. The van der Waals surface area contributed by atoms with Crippen LogP contribution in [0.1, 0.15) is 34.8 Å². The van der Waals surface area contributed by atoms with Gasteiger partial charge < -0.3 is 10.2 Å². The summed E-state index contributed by atoms with van der Waals surface area (Å²) in [6, 6.07) is 15.9.